The number of amides is 1. The van der Waals surface area contributed by atoms with Crippen LogP contribution in [-0.2, 0) is 11.2 Å². The number of hydrogen-bond donors (Lipinski definition) is 3. The van der Waals surface area contributed by atoms with E-state index < -0.39 is 11.9 Å². The Labute approximate surface area is 217 Å². The van der Waals surface area contributed by atoms with Crippen LogP contribution in [-0.4, -0.2) is 40.4 Å². The van der Waals surface area contributed by atoms with E-state index in [1.807, 2.05) is 36.4 Å². The zero-order valence-corrected chi connectivity index (χ0v) is 21.4. The molecular weight excluding hydrogens is 472 g/mol. The molecule has 0 aliphatic carbocycles. The molecule has 194 valence electrons. The lowest BCUT2D eigenvalue weighted by Crippen LogP contribution is -2.38. The van der Waals surface area contributed by atoms with Crippen molar-refractivity contribution in [3.8, 4) is 29.1 Å². The monoisotopic (exact) mass is 504 g/mol. The van der Waals surface area contributed by atoms with Crippen molar-refractivity contribution in [1.82, 2.24) is 0 Å². The van der Waals surface area contributed by atoms with E-state index in [0.717, 1.165) is 11.1 Å². The standard InChI is InChI=1S/C19H20N2O4.C9H12N2O/c1-22-16-6-5-12(8-15(16)21)7-14(11-20)13-9-17(23-2)19(25-4)18(10-13)24-3;10-8(9(11)12)6-7-4-2-1-3-5-7/h5-10H,21H2,1-4H3;1-5,8H,6,10H2,(H2,11,12)/b14-7-;/t;8-/m.0/s1. The zero-order chi connectivity index (χ0) is 27.4. The Morgan fingerprint density at radius 1 is 0.919 bits per heavy atom. The number of primary amides is 1. The fraction of sp³-hybridized carbons (Fsp3) is 0.214. The molecule has 1 atom stereocenters. The molecule has 6 N–H and O–H groups in total. The van der Waals surface area contributed by atoms with E-state index in [-0.39, 0.29) is 0 Å². The predicted molar refractivity (Wildman–Crippen MR) is 144 cm³/mol. The summed E-state index contributed by atoms with van der Waals surface area (Å²) in [7, 11) is 6.14. The van der Waals surface area contributed by atoms with Crippen molar-refractivity contribution in [2.24, 2.45) is 11.5 Å². The Morgan fingerprint density at radius 3 is 1.97 bits per heavy atom. The molecule has 0 bridgehead atoms. The second-order valence-corrected chi connectivity index (χ2v) is 7.78. The van der Waals surface area contributed by atoms with E-state index in [4.69, 9.17) is 36.1 Å². The van der Waals surface area contributed by atoms with Crippen molar-refractivity contribution in [1.29, 1.82) is 5.26 Å². The van der Waals surface area contributed by atoms with Gasteiger partial charge in [-0.1, -0.05) is 36.4 Å². The van der Waals surface area contributed by atoms with Gasteiger partial charge in [-0.3, -0.25) is 4.79 Å². The molecule has 37 heavy (non-hydrogen) atoms. The van der Waals surface area contributed by atoms with Gasteiger partial charge in [0.05, 0.1) is 51.8 Å². The van der Waals surface area contributed by atoms with Crippen LogP contribution in [0.2, 0.25) is 0 Å². The van der Waals surface area contributed by atoms with E-state index in [1.165, 1.54) is 21.3 Å². The van der Waals surface area contributed by atoms with Gasteiger partial charge in [0.25, 0.3) is 0 Å². The maximum Gasteiger partial charge on any atom is 0.234 e. The third-order valence-electron chi connectivity index (χ3n) is 5.32. The summed E-state index contributed by atoms with van der Waals surface area (Å²) in [6, 6.07) is 20.0. The highest BCUT2D eigenvalue weighted by atomic mass is 16.5. The van der Waals surface area contributed by atoms with Crippen LogP contribution in [0.5, 0.6) is 23.0 Å². The van der Waals surface area contributed by atoms with E-state index in [2.05, 4.69) is 6.07 Å². The molecule has 0 aliphatic rings. The van der Waals surface area contributed by atoms with Crippen LogP contribution in [0.3, 0.4) is 0 Å². The topological polar surface area (TPSA) is 156 Å². The summed E-state index contributed by atoms with van der Waals surface area (Å²) in [6.45, 7) is 0. The van der Waals surface area contributed by atoms with Gasteiger partial charge in [0.2, 0.25) is 11.7 Å². The molecule has 0 fully saturated rings. The number of nitrogens with two attached hydrogens (primary N) is 3. The first-order chi connectivity index (χ1) is 17.8. The van der Waals surface area contributed by atoms with Crippen molar-refractivity contribution >= 4 is 23.2 Å². The normalized spacial score (nSPS) is 11.3. The second kappa shape index (κ2) is 14.0. The summed E-state index contributed by atoms with van der Waals surface area (Å²) >= 11 is 0. The number of methoxy groups -OCH3 is 4. The molecule has 0 aliphatic heterocycles. The summed E-state index contributed by atoms with van der Waals surface area (Å²) in [5.74, 6) is 1.56. The van der Waals surface area contributed by atoms with E-state index >= 15 is 0 Å². The number of rotatable bonds is 9. The number of nitriles is 1. The summed E-state index contributed by atoms with van der Waals surface area (Å²) in [6.07, 6.45) is 2.24. The molecule has 0 heterocycles. The number of nitrogens with zero attached hydrogens (tertiary/aromatic N) is 1. The first kappa shape index (κ1) is 28.6. The van der Waals surface area contributed by atoms with Crippen LogP contribution in [0, 0.1) is 11.3 Å². The summed E-state index contributed by atoms with van der Waals surface area (Å²) in [5.41, 5.74) is 19.8. The lowest BCUT2D eigenvalue weighted by molar-refractivity contribution is -0.119. The van der Waals surface area contributed by atoms with Gasteiger partial charge in [-0.2, -0.15) is 5.26 Å². The van der Waals surface area contributed by atoms with Crippen molar-refractivity contribution in [3.05, 3.63) is 77.4 Å². The lowest BCUT2D eigenvalue weighted by Gasteiger charge is -2.14. The highest BCUT2D eigenvalue weighted by Gasteiger charge is 2.15. The average molecular weight is 505 g/mol. The maximum atomic E-state index is 10.6. The summed E-state index contributed by atoms with van der Waals surface area (Å²) in [5, 5.41) is 9.58. The van der Waals surface area contributed by atoms with Gasteiger partial charge >= 0.3 is 0 Å². The molecule has 9 heteroatoms. The Morgan fingerprint density at radius 2 is 1.51 bits per heavy atom. The largest absolute Gasteiger partial charge is 0.495 e. The minimum Gasteiger partial charge on any atom is -0.495 e. The number of hydrogen-bond acceptors (Lipinski definition) is 8. The smallest absolute Gasteiger partial charge is 0.234 e. The summed E-state index contributed by atoms with van der Waals surface area (Å²) in [4.78, 5) is 10.6. The number of ether oxygens (including phenoxy) is 4. The van der Waals surface area contributed by atoms with Gasteiger partial charge in [0.15, 0.2) is 11.5 Å². The fourth-order valence-corrected chi connectivity index (χ4v) is 3.39. The molecule has 0 saturated heterocycles. The van der Waals surface area contributed by atoms with Gasteiger partial charge in [-0.15, -0.1) is 0 Å². The van der Waals surface area contributed by atoms with E-state index in [1.54, 1.807) is 37.5 Å². The van der Waals surface area contributed by atoms with Gasteiger partial charge in [-0.25, -0.2) is 0 Å². The van der Waals surface area contributed by atoms with Crippen molar-refractivity contribution in [2.45, 2.75) is 12.5 Å². The van der Waals surface area contributed by atoms with Crippen LogP contribution in [0.4, 0.5) is 5.69 Å². The van der Waals surface area contributed by atoms with Gasteiger partial charge in [0.1, 0.15) is 5.75 Å². The first-order valence-electron chi connectivity index (χ1n) is 11.2. The second-order valence-electron chi connectivity index (χ2n) is 7.78. The molecule has 3 aromatic carbocycles. The zero-order valence-electron chi connectivity index (χ0n) is 21.4. The Bertz CT molecular complexity index is 1240. The number of anilines is 1. The average Bonchev–Trinajstić information content (AvgIpc) is 2.91. The van der Waals surface area contributed by atoms with Crippen molar-refractivity contribution in [3.63, 3.8) is 0 Å². The summed E-state index contributed by atoms with van der Waals surface area (Å²) < 4.78 is 21.1. The quantitative estimate of drug-likeness (QED) is 0.227. The number of allylic oxidation sites excluding steroid dienone is 1. The van der Waals surface area contributed by atoms with Crippen LogP contribution < -0.4 is 36.1 Å². The van der Waals surface area contributed by atoms with Crippen LogP contribution in [0.25, 0.3) is 11.6 Å². The molecule has 3 rings (SSSR count). The number of carbonyl (C=O) groups excluding carboxylic acids is 1. The third-order valence-corrected chi connectivity index (χ3v) is 5.32. The van der Waals surface area contributed by atoms with Crippen LogP contribution in [0.15, 0.2) is 60.7 Å². The van der Waals surface area contributed by atoms with E-state index in [0.29, 0.717) is 46.2 Å². The maximum absolute atomic E-state index is 10.6. The molecule has 9 nitrogen and oxygen atoms in total. The van der Waals surface area contributed by atoms with Crippen LogP contribution >= 0.6 is 0 Å². The lowest BCUT2D eigenvalue weighted by atomic mass is 10.0. The fourth-order valence-electron chi connectivity index (χ4n) is 3.39. The molecule has 0 aromatic heterocycles. The minimum atomic E-state index is -0.576. The van der Waals surface area contributed by atoms with Gasteiger partial charge < -0.3 is 36.1 Å². The Balaban J connectivity index is 0.000000335. The molecule has 0 unspecified atom stereocenters. The van der Waals surface area contributed by atoms with Crippen molar-refractivity contribution in [2.75, 3.05) is 34.2 Å². The SMILES string of the molecule is COc1ccc(/C=C(/C#N)c2cc(OC)c(OC)c(OC)c2)cc1N.NC(=O)[C@@H](N)Cc1ccccc1. The molecule has 0 radical (unpaired) electrons. The third kappa shape index (κ3) is 7.92. The highest BCUT2D eigenvalue weighted by Crippen LogP contribution is 2.40. The van der Waals surface area contributed by atoms with Gasteiger partial charge in [0, 0.05) is 0 Å². The minimum absolute atomic E-state index is 0.434. The molecule has 1 amide bonds. The molecular formula is C28H32N4O5. The molecule has 3 aromatic rings. The Hall–Kier alpha value is -4.68. The molecule has 0 spiro atoms. The number of benzene rings is 3. The number of carbonyl (C=O) groups is 1. The van der Waals surface area contributed by atoms with Gasteiger partial charge in [-0.05, 0) is 53.5 Å². The Kier molecular flexibility index (Phi) is 10.8. The van der Waals surface area contributed by atoms with E-state index in [9.17, 15) is 10.1 Å². The van der Waals surface area contributed by atoms with Crippen molar-refractivity contribution < 1.29 is 23.7 Å². The first-order valence-corrected chi connectivity index (χ1v) is 11.2. The predicted octanol–water partition coefficient (Wildman–Crippen LogP) is 3.41. The number of nitrogen functional groups attached to an aromatic ring is 1. The van der Waals surface area contributed by atoms with Crippen LogP contribution in [0.1, 0.15) is 16.7 Å². The highest BCUT2D eigenvalue weighted by molar-refractivity contribution is 5.91. The molecule has 0 saturated carbocycles.